The molecule has 0 spiro atoms. The predicted molar refractivity (Wildman–Crippen MR) is 91.3 cm³/mol. The van der Waals surface area contributed by atoms with E-state index in [-0.39, 0.29) is 5.92 Å². The Balaban J connectivity index is 1.53. The SMILES string of the molecule is Cc1cc(C[C@@H]2CN(c3nc4ccc(Cl)cc4s3)C[C@H]2O)on1. The van der Waals surface area contributed by atoms with E-state index in [0.29, 0.717) is 18.0 Å². The van der Waals surface area contributed by atoms with Crippen molar-refractivity contribution in [3.63, 3.8) is 0 Å². The number of aryl methyl sites for hydroxylation is 1. The lowest BCUT2D eigenvalue weighted by molar-refractivity contribution is 0.143. The molecule has 4 rings (SSSR count). The first-order valence-corrected chi connectivity index (χ1v) is 8.69. The zero-order valence-corrected chi connectivity index (χ0v) is 14.1. The summed E-state index contributed by atoms with van der Waals surface area (Å²) in [6, 6.07) is 7.63. The number of fused-ring (bicyclic) bond motifs is 1. The summed E-state index contributed by atoms with van der Waals surface area (Å²) >= 11 is 7.64. The number of aromatic nitrogens is 2. The van der Waals surface area contributed by atoms with E-state index in [1.807, 2.05) is 31.2 Å². The second-order valence-electron chi connectivity index (χ2n) is 5.98. The second-order valence-corrected chi connectivity index (χ2v) is 7.43. The highest BCUT2D eigenvalue weighted by molar-refractivity contribution is 7.22. The van der Waals surface area contributed by atoms with Crippen molar-refractivity contribution in [2.75, 3.05) is 18.0 Å². The normalized spacial score (nSPS) is 21.4. The van der Waals surface area contributed by atoms with Crippen molar-refractivity contribution < 1.29 is 9.63 Å². The highest BCUT2D eigenvalue weighted by atomic mass is 35.5. The van der Waals surface area contributed by atoms with Gasteiger partial charge in [-0.3, -0.25) is 0 Å². The van der Waals surface area contributed by atoms with Gasteiger partial charge in [0.2, 0.25) is 0 Å². The molecule has 1 aromatic carbocycles. The maximum atomic E-state index is 10.4. The molecule has 0 aliphatic carbocycles. The minimum absolute atomic E-state index is 0.123. The number of hydrogen-bond acceptors (Lipinski definition) is 6. The predicted octanol–water partition coefficient (Wildman–Crippen LogP) is 3.29. The van der Waals surface area contributed by atoms with Gasteiger partial charge in [-0.05, 0) is 25.1 Å². The molecule has 7 heteroatoms. The number of aliphatic hydroxyl groups excluding tert-OH is 1. The van der Waals surface area contributed by atoms with Crippen molar-refractivity contribution in [1.29, 1.82) is 0 Å². The van der Waals surface area contributed by atoms with E-state index in [4.69, 9.17) is 16.1 Å². The molecule has 2 atom stereocenters. The average molecular weight is 350 g/mol. The Morgan fingerprint density at radius 1 is 1.39 bits per heavy atom. The summed E-state index contributed by atoms with van der Waals surface area (Å²) < 4.78 is 6.34. The number of rotatable bonds is 3. The molecule has 0 saturated carbocycles. The summed E-state index contributed by atoms with van der Waals surface area (Å²) in [5.41, 5.74) is 1.81. The molecule has 1 aliphatic rings. The van der Waals surface area contributed by atoms with Gasteiger partial charge in [0, 0.05) is 36.5 Å². The molecule has 0 bridgehead atoms. The minimum Gasteiger partial charge on any atom is -0.391 e. The number of halogens is 1. The highest BCUT2D eigenvalue weighted by Crippen LogP contribution is 2.34. The molecule has 1 saturated heterocycles. The van der Waals surface area contributed by atoms with Crippen molar-refractivity contribution in [3.8, 4) is 0 Å². The van der Waals surface area contributed by atoms with Gasteiger partial charge < -0.3 is 14.5 Å². The second kappa shape index (κ2) is 5.78. The van der Waals surface area contributed by atoms with E-state index in [0.717, 1.165) is 33.3 Å². The number of β-amino-alcohol motifs (C(OH)–C–C–N with tert-alkyl or cyclic N) is 1. The van der Waals surface area contributed by atoms with E-state index >= 15 is 0 Å². The van der Waals surface area contributed by atoms with E-state index in [1.54, 1.807) is 11.3 Å². The zero-order valence-electron chi connectivity index (χ0n) is 12.6. The van der Waals surface area contributed by atoms with Gasteiger partial charge in [0.15, 0.2) is 5.13 Å². The lowest BCUT2D eigenvalue weighted by atomic mass is 10.0. The molecule has 3 aromatic rings. The Labute approximate surface area is 142 Å². The smallest absolute Gasteiger partial charge is 0.186 e. The van der Waals surface area contributed by atoms with Gasteiger partial charge >= 0.3 is 0 Å². The van der Waals surface area contributed by atoms with Crippen LogP contribution in [-0.2, 0) is 6.42 Å². The first kappa shape index (κ1) is 14.9. The summed E-state index contributed by atoms with van der Waals surface area (Å²) in [5.74, 6) is 0.947. The molecule has 0 unspecified atom stereocenters. The third kappa shape index (κ3) is 2.94. The number of hydrogen-bond donors (Lipinski definition) is 1. The van der Waals surface area contributed by atoms with Crippen molar-refractivity contribution >= 4 is 38.3 Å². The van der Waals surface area contributed by atoms with Gasteiger partial charge in [0.1, 0.15) is 5.76 Å². The molecule has 2 aromatic heterocycles. The largest absolute Gasteiger partial charge is 0.391 e. The van der Waals surface area contributed by atoms with Crippen molar-refractivity contribution in [1.82, 2.24) is 10.1 Å². The molecule has 0 radical (unpaired) electrons. The van der Waals surface area contributed by atoms with Crippen molar-refractivity contribution in [2.45, 2.75) is 19.4 Å². The van der Waals surface area contributed by atoms with E-state index in [2.05, 4.69) is 15.0 Å². The quantitative estimate of drug-likeness (QED) is 0.786. The Morgan fingerprint density at radius 3 is 3.04 bits per heavy atom. The van der Waals surface area contributed by atoms with Crippen LogP contribution in [0.25, 0.3) is 10.2 Å². The van der Waals surface area contributed by atoms with Gasteiger partial charge in [0.05, 0.1) is 22.0 Å². The topological polar surface area (TPSA) is 62.4 Å². The van der Waals surface area contributed by atoms with Crippen LogP contribution >= 0.6 is 22.9 Å². The number of nitrogens with zero attached hydrogens (tertiary/aromatic N) is 3. The molecule has 0 amide bonds. The molecule has 1 N–H and O–H groups in total. The Morgan fingerprint density at radius 2 is 2.26 bits per heavy atom. The summed E-state index contributed by atoms with van der Waals surface area (Å²) in [6.45, 7) is 3.25. The molecular formula is C16H16ClN3O2S. The van der Waals surface area contributed by atoms with E-state index in [1.165, 1.54) is 0 Å². The van der Waals surface area contributed by atoms with E-state index < -0.39 is 6.10 Å². The minimum atomic E-state index is -0.393. The number of thiazole rings is 1. The fourth-order valence-electron chi connectivity index (χ4n) is 3.00. The van der Waals surface area contributed by atoms with Crippen LogP contribution in [-0.4, -0.2) is 34.4 Å². The maximum absolute atomic E-state index is 10.4. The summed E-state index contributed by atoms with van der Waals surface area (Å²) in [6.07, 6.45) is 0.297. The Bertz CT molecular complexity index is 847. The van der Waals surface area contributed by atoms with Gasteiger partial charge in [0.25, 0.3) is 0 Å². The summed E-state index contributed by atoms with van der Waals surface area (Å²) in [4.78, 5) is 6.79. The first-order valence-electron chi connectivity index (χ1n) is 7.50. The van der Waals surface area contributed by atoms with Crippen LogP contribution in [0.2, 0.25) is 5.02 Å². The molecule has 120 valence electrons. The van der Waals surface area contributed by atoms with Gasteiger partial charge in [-0.1, -0.05) is 28.1 Å². The summed E-state index contributed by atoms with van der Waals surface area (Å²) in [5, 5.41) is 15.9. The van der Waals surface area contributed by atoms with Crippen LogP contribution in [0.5, 0.6) is 0 Å². The first-order chi connectivity index (χ1) is 11.1. The third-order valence-corrected chi connectivity index (χ3v) is 5.47. The van der Waals surface area contributed by atoms with Crippen molar-refractivity contribution in [2.24, 2.45) is 5.92 Å². The molecule has 5 nitrogen and oxygen atoms in total. The van der Waals surface area contributed by atoms with Crippen LogP contribution in [0.15, 0.2) is 28.8 Å². The van der Waals surface area contributed by atoms with Gasteiger partial charge in [-0.15, -0.1) is 0 Å². The monoisotopic (exact) mass is 349 g/mol. The van der Waals surface area contributed by atoms with E-state index in [9.17, 15) is 5.11 Å². The Hall–Kier alpha value is -1.63. The fourth-order valence-corrected chi connectivity index (χ4v) is 4.26. The number of benzene rings is 1. The Kier molecular flexibility index (Phi) is 3.75. The maximum Gasteiger partial charge on any atom is 0.186 e. The lowest BCUT2D eigenvalue weighted by Crippen LogP contribution is -2.20. The highest BCUT2D eigenvalue weighted by Gasteiger charge is 2.33. The molecular weight excluding hydrogens is 334 g/mol. The molecule has 1 aliphatic heterocycles. The van der Waals surface area contributed by atoms with Crippen LogP contribution < -0.4 is 4.90 Å². The molecule has 23 heavy (non-hydrogen) atoms. The zero-order chi connectivity index (χ0) is 16.0. The van der Waals surface area contributed by atoms with Crippen LogP contribution in [0.4, 0.5) is 5.13 Å². The standard InChI is InChI=1S/C16H16ClN3O2S/c1-9-4-12(22-19-9)5-10-7-20(8-14(10)21)16-18-13-3-2-11(17)6-15(13)23-16/h2-4,6,10,14,21H,5,7-8H2,1H3/t10-,14-/m1/s1. The van der Waals surface area contributed by atoms with Gasteiger partial charge in [-0.2, -0.15) is 0 Å². The number of anilines is 1. The van der Waals surface area contributed by atoms with Crippen LogP contribution in [0.1, 0.15) is 11.5 Å². The third-order valence-electron chi connectivity index (χ3n) is 4.16. The molecule has 1 fully saturated rings. The number of aliphatic hydroxyl groups is 1. The van der Waals surface area contributed by atoms with Crippen LogP contribution in [0.3, 0.4) is 0 Å². The lowest BCUT2D eigenvalue weighted by Gasteiger charge is -2.13. The fraction of sp³-hybridized carbons (Fsp3) is 0.375. The average Bonchev–Trinajstić information content (AvgIpc) is 3.19. The van der Waals surface area contributed by atoms with Gasteiger partial charge in [-0.25, -0.2) is 4.98 Å². The summed E-state index contributed by atoms with van der Waals surface area (Å²) in [7, 11) is 0. The van der Waals surface area contributed by atoms with Crippen molar-refractivity contribution in [3.05, 3.63) is 40.7 Å². The van der Waals surface area contributed by atoms with Crippen LogP contribution in [0, 0.1) is 12.8 Å². The molecule has 3 heterocycles.